The van der Waals surface area contributed by atoms with Crippen LogP contribution in [0.1, 0.15) is 26.6 Å². The Morgan fingerprint density at radius 1 is 1.17 bits per heavy atom. The molecule has 3 aromatic rings. The van der Waals surface area contributed by atoms with Gasteiger partial charge in [0.1, 0.15) is 12.4 Å². The monoisotopic (exact) mass is 411 g/mol. The van der Waals surface area contributed by atoms with Gasteiger partial charge >= 0.3 is 0 Å². The number of rotatable bonds is 10. The second-order valence-electron chi connectivity index (χ2n) is 6.43. The van der Waals surface area contributed by atoms with E-state index in [9.17, 15) is 4.79 Å². The molecule has 0 aliphatic carbocycles. The lowest BCUT2D eigenvalue weighted by molar-refractivity contribution is 0.0950. The molecule has 29 heavy (non-hydrogen) atoms. The highest BCUT2D eigenvalue weighted by molar-refractivity contribution is 7.09. The SMILES string of the molecule is COCCNc1ccccc1CNC(=O)c1cccc(OCc2csc(C)n2)c1. The molecule has 0 atom stereocenters. The zero-order valence-corrected chi connectivity index (χ0v) is 17.4. The number of thiazole rings is 1. The van der Waals surface area contributed by atoms with Gasteiger partial charge < -0.3 is 20.1 Å². The molecule has 6 nitrogen and oxygen atoms in total. The number of nitrogens with one attached hydrogen (secondary N) is 2. The van der Waals surface area contributed by atoms with Crippen molar-refractivity contribution in [2.75, 3.05) is 25.6 Å². The molecule has 0 bridgehead atoms. The predicted molar refractivity (Wildman–Crippen MR) is 116 cm³/mol. The molecule has 2 aromatic carbocycles. The largest absolute Gasteiger partial charge is 0.487 e. The summed E-state index contributed by atoms with van der Waals surface area (Å²) in [6.07, 6.45) is 0. The number of carbonyl (C=O) groups is 1. The number of methoxy groups -OCH3 is 1. The third-order valence-electron chi connectivity index (χ3n) is 4.23. The van der Waals surface area contributed by atoms with E-state index in [0.717, 1.165) is 22.0 Å². The number of ether oxygens (including phenoxy) is 2. The third-order valence-corrected chi connectivity index (χ3v) is 5.05. The summed E-state index contributed by atoms with van der Waals surface area (Å²) in [6, 6.07) is 15.1. The van der Waals surface area contributed by atoms with Crippen LogP contribution in [-0.2, 0) is 17.9 Å². The third kappa shape index (κ3) is 6.30. The quantitative estimate of drug-likeness (QED) is 0.493. The molecular formula is C22H25N3O3S. The maximum absolute atomic E-state index is 12.6. The molecule has 3 rings (SSSR count). The van der Waals surface area contributed by atoms with Crippen molar-refractivity contribution in [2.45, 2.75) is 20.1 Å². The molecule has 1 aromatic heterocycles. The van der Waals surface area contributed by atoms with Crippen molar-refractivity contribution in [1.82, 2.24) is 10.3 Å². The lowest BCUT2D eigenvalue weighted by Gasteiger charge is -2.13. The van der Waals surface area contributed by atoms with E-state index >= 15 is 0 Å². The number of amides is 1. The first-order valence-corrected chi connectivity index (χ1v) is 10.3. The lowest BCUT2D eigenvalue weighted by Crippen LogP contribution is -2.23. The number of aryl methyl sites for hydroxylation is 1. The van der Waals surface area contributed by atoms with Crippen LogP contribution in [0.4, 0.5) is 5.69 Å². The van der Waals surface area contributed by atoms with Crippen molar-refractivity contribution in [2.24, 2.45) is 0 Å². The van der Waals surface area contributed by atoms with E-state index in [4.69, 9.17) is 9.47 Å². The molecule has 0 spiro atoms. The number of hydrogen-bond acceptors (Lipinski definition) is 6. The summed E-state index contributed by atoms with van der Waals surface area (Å²) in [6.45, 7) is 4.10. The van der Waals surface area contributed by atoms with Crippen LogP contribution in [0, 0.1) is 6.92 Å². The molecule has 0 aliphatic rings. The first kappa shape index (κ1) is 20.8. The van der Waals surface area contributed by atoms with Crippen molar-refractivity contribution in [3.63, 3.8) is 0 Å². The molecule has 0 aliphatic heterocycles. The van der Waals surface area contributed by atoms with Crippen LogP contribution in [0.3, 0.4) is 0 Å². The van der Waals surface area contributed by atoms with Crippen molar-refractivity contribution < 1.29 is 14.3 Å². The number of aromatic nitrogens is 1. The first-order valence-electron chi connectivity index (χ1n) is 9.38. The summed E-state index contributed by atoms with van der Waals surface area (Å²) in [4.78, 5) is 17.0. The Bertz CT molecular complexity index is 942. The van der Waals surface area contributed by atoms with Gasteiger partial charge in [-0.05, 0) is 36.8 Å². The molecule has 152 valence electrons. The summed E-state index contributed by atoms with van der Waals surface area (Å²) in [5.74, 6) is 0.497. The Labute approximate surface area is 174 Å². The zero-order valence-electron chi connectivity index (χ0n) is 16.6. The Morgan fingerprint density at radius 3 is 2.83 bits per heavy atom. The second kappa shape index (κ2) is 10.6. The first-order chi connectivity index (χ1) is 14.2. The maximum Gasteiger partial charge on any atom is 0.251 e. The molecule has 0 saturated heterocycles. The van der Waals surface area contributed by atoms with Gasteiger partial charge in [-0.3, -0.25) is 4.79 Å². The van der Waals surface area contributed by atoms with Gasteiger partial charge in [0.15, 0.2) is 0 Å². The Morgan fingerprint density at radius 2 is 2.03 bits per heavy atom. The summed E-state index contributed by atoms with van der Waals surface area (Å²) >= 11 is 1.59. The number of anilines is 1. The van der Waals surface area contributed by atoms with Gasteiger partial charge in [0.05, 0.1) is 17.3 Å². The molecule has 7 heteroatoms. The minimum Gasteiger partial charge on any atom is -0.487 e. The summed E-state index contributed by atoms with van der Waals surface area (Å²) in [5.41, 5.74) is 3.45. The van der Waals surface area contributed by atoms with Gasteiger partial charge in [-0.15, -0.1) is 11.3 Å². The topological polar surface area (TPSA) is 72.5 Å². The normalized spacial score (nSPS) is 10.6. The highest BCUT2D eigenvalue weighted by atomic mass is 32.1. The molecular weight excluding hydrogens is 386 g/mol. The Balaban J connectivity index is 1.57. The van der Waals surface area contributed by atoms with Gasteiger partial charge in [-0.1, -0.05) is 24.3 Å². The molecule has 0 unspecified atom stereocenters. The predicted octanol–water partition coefficient (Wildman–Crippen LogP) is 4.02. The number of hydrogen-bond donors (Lipinski definition) is 2. The molecule has 1 amide bonds. The van der Waals surface area contributed by atoms with Crippen LogP contribution in [0.25, 0.3) is 0 Å². The van der Waals surface area contributed by atoms with Gasteiger partial charge in [-0.2, -0.15) is 0 Å². The highest BCUT2D eigenvalue weighted by Gasteiger charge is 2.09. The summed E-state index contributed by atoms with van der Waals surface area (Å²) in [5, 5.41) is 9.28. The standard InChI is InChI=1S/C22H25N3O3S/c1-16-25-19(15-29-16)14-28-20-8-5-7-17(12-20)22(26)24-13-18-6-3-4-9-21(18)23-10-11-27-2/h3-9,12,15,23H,10-11,13-14H2,1-2H3,(H,24,26). The number of benzene rings is 2. The van der Waals surface area contributed by atoms with Crippen LogP contribution < -0.4 is 15.4 Å². The second-order valence-corrected chi connectivity index (χ2v) is 7.50. The maximum atomic E-state index is 12.6. The van der Waals surface area contributed by atoms with E-state index in [1.54, 1.807) is 30.6 Å². The van der Waals surface area contributed by atoms with Crippen LogP contribution in [0.15, 0.2) is 53.9 Å². The fraction of sp³-hybridized carbons (Fsp3) is 0.273. The van der Waals surface area contributed by atoms with Gasteiger partial charge in [-0.25, -0.2) is 4.98 Å². The Hall–Kier alpha value is -2.90. The van der Waals surface area contributed by atoms with E-state index in [1.807, 2.05) is 48.7 Å². The highest BCUT2D eigenvalue weighted by Crippen LogP contribution is 2.18. The summed E-state index contributed by atoms with van der Waals surface area (Å²) in [7, 11) is 1.67. The fourth-order valence-electron chi connectivity index (χ4n) is 2.77. The number of nitrogens with zero attached hydrogens (tertiary/aromatic N) is 1. The molecule has 0 fully saturated rings. The number of carbonyl (C=O) groups excluding carboxylic acids is 1. The minimum atomic E-state index is -0.147. The fourth-order valence-corrected chi connectivity index (χ4v) is 3.37. The molecule has 0 saturated carbocycles. The van der Waals surface area contributed by atoms with E-state index in [0.29, 0.717) is 37.6 Å². The van der Waals surface area contributed by atoms with Crippen LogP contribution in [0.5, 0.6) is 5.75 Å². The van der Waals surface area contributed by atoms with Crippen LogP contribution in [0.2, 0.25) is 0 Å². The van der Waals surface area contributed by atoms with E-state index in [-0.39, 0.29) is 5.91 Å². The van der Waals surface area contributed by atoms with E-state index < -0.39 is 0 Å². The molecule has 2 N–H and O–H groups in total. The molecule has 1 heterocycles. The average molecular weight is 412 g/mol. The van der Waals surface area contributed by atoms with Crippen LogP contribution >= 0.6 is 11.3 Å². The van der Waals surface area contributed by atoms with Crippen molar-refractivity contribution in [3.05, 3.63) is 75.7 Å². The van der Waals surface area contributed by atoms with E-state index in [2.05, 4.69) is 15.6 Å². The van der Waals surface area contributed by atoms with Crippen LogP contribution in [-0.4, -0.2) is 31.2 Å². The summed E-state index contributed by atoms with van der Waals surface area (Å²) < 4.78 is 10.8. The number of para-hydroxylation sites is 1. The van der Waals surface area contributed by atoms with Gasteiger partial charge in [0.25, 0.3) is 5.91 Å². The van der Waals surface area contributed by atoms with Crippen molar-refractivity contribution in [1.29, 1.82) is 0 Å². The minimum absolute atomic E-state index is 0.147. The smallest absolute Gasteiger partial charge is 0.251 e. The van der Waals surface area contributed by atoms with Gasteiger partial charge in [0, 0.05) is 36.8 Å². The van der Waals surface area contributed by atoms with E-state index in [1.165, 1.54) is 0 Å². The Kier molecular flexibility index (Phi) is 7.61. The van der Waals surface area contributed by atoms with Crippen molar-refractivity contribution in [3.8, 4) is 5.75 Å². The lowest BCUT2D eigenvalue weighted by atomic mass is 10.1. The van der Waals surface area contributed by atoms with Gasteiger partial charge in [0.2, 0.25) is 0 Å². The zero-order chi connectivity index (χ0) is 20.5. The average Bonchev–Trinajstić information content (AvgIpc) is 3.17. The van der Waals surface area contributed by atoms with Crippen molar-refractivity contribution >= 4 is 22.9 Å². The molecule has 0 radical (unpaired) electrons.